The van der Waals surface area contributed by atoms with E-state index < -0.39 is 0 Å². The lowest BCUT2D eigenvalue weighted by Gasteiger charge is -2.07. The van der Waals surface area contributed by atoms with Gasteiger partial charge in [-0.05, 0) is 47.3 Å². The normalized spacial score (nSPS) is 9.59. The molecule has 2 N–H and O–H groups in total. The van der Waals surface area contributed by atoms with Gasteiger partial charge in [-0.15, -0.1) is 12.4 Å². The van der Waals surface area contributed by atoms with E-state index in [0.29, 0.717) is 17.1 Å². The second kappa shape index (κ2) is 8.97. The molecule has 17 heavy (non-hydrogen) atoms. The van der Waals surface area contributed by atoms with Crippen LogP contribution in [0.1, 0.15) is 17.3 Å². The van der Waals surface area contributed by atoms with Gasteiger partial charge in [0.05, 0.1) is 10.6 Å². The van der Waals surface area contributed by atoms with Gasteiger partial charge in [0, 0.05) is 16.7 Å². The van der Waals surface area contributed by atoms with Crippen molar-refractivity contribution in [2.75, 3.05) is 19.6 Å². The zero-order valence-electron chi connectivity index (χ0n) is 9.43. The van der Waals surface area contributed by atoms with Gasteiger partial charge in [0.15, 0.2) is 0 Å². The maximum Gasteiger partial charge on any atom is 0.252 e. The van der Waals surface area contributed by atoms with Gasteiger partial charge < -0.3 is 10.6 Å². The number of carbonyl (C=O) groups excluding carboxylic acids is 1. The molecule has 0 aliphatic rings. The van der Waals surface area contributed by atoms with E-state index in [2.05, 4.69) is 33.2 Å². The largest absolute Gasteiger partial charge is 0.351 e. The molecule has 0 bridgehead atoms. The van der Waals surface area contributed by atoms with Crippen molar-refractivity contribution in [2.24, 2.45) is 0 Å². The smallest absolute Gasteiger partial charge is 0.252 e. The van der Waals surface area contributed by atoms with Gasteiger partial charge in [-0.2, -0.15) is 0 Å². The molecule has 0 spiro atoms. The van der Waals surface area contributed by atoms with Crippen LogP contribution in [-0.2, 0) is 0 Å². The van der Waals surface area contributed by atoms with Gasteiger partial charge in [0.25, 0.3) is 5.91 Å². The summed E-state index contributed by atoms with van der Waals surface area (Å²) in [7, 11) is 0. The van der Waals surface area contributed by atoms with Crippen molar-refractivity contribution < 1.29 is 4.79 Å². The zero-order chi connectivity index (χ0) is 12.0. The number of benzene rings is 1. The Hall–Kier alpha value is -0.0400. The molecular weight excluding hydrogens is 374 g/mol. The van der Waals surface area contributed by atoms with E-state index in [-0.39, 0.29) is 18.3 Å². The van der Waals surface area contributed by atoms with E-state index in [1.54, 1.807) is 12.1 Å². The van der Waals surface area contributed by atoms with Crippen LogP contribution in [0.4, 0.5) is 0 Å². The van der Waals surface area contributed by atoms with E-state index in [4.69, 9.17) is 11.6 Å². The number of likely N-dealkylation sites (N-methyl/N-ethyl adjacent to an activating group) is 1. The molecular formula is C11H15Cl2IN2O. The summed E-state index contributed by atoms with van der Waals surface area (Å²) in [5.41, 5.74) is 0.526. The molecule has 0 fully saturated rings. The SMILES string of the molecule is CCNCCNC(=O)c1ccc(I)cc1Cl.Cl. The highest BCUT2D eigenvalue weighted by Crippen LogP contribution is 2.18. The zero-order valence-corrected chi connectivity index (χ0v) is 13.2. The number of amides is 1. The molecule has 0 unspecified atom stereocenters. The first-order valence-corrected chi connectivity index (χ1v) is 6.54. The summed E-state index contributed by atoms with van der Waals surface area (Å²) in [6.45, 7) is 4.30. The lowest BCUT2D eigenvalue weighted by Crippen LogP contribution is -2.31. The van der Waals surface area contributed by atoms with Crippen LogP contribution >= 0.6 is 46.6 Å². The van der Waals surface area contributed by atoms with Gasteiger partial charge in [0.2, 0.25) is 0 Å². The van der Waals surface area contributed by atoms with Crippen molar-refractivity contribution in [3.05, 3.63) is 32.4 Å². The van der Waals surface area contributed by atoms with Crippen LogP contribution in [0.15, 0.2) is 18.2 Å². The first kappa shape index (κ1) is 17.0. The van der Waals surface area contributed by atoms with Crippen LogP contribution in [0.5, 0.6) is 0 Å². The van der Waals surface area contributed by atoms with E-state index in [0.717, 1.165) is 16.7 Å². The lowest BCUT2D eigenvalue weighted by molar-refractivity contribution is 0.0954. The number of halogens is 3. The maximum absolute atomic E-state index is 11.7. The van der Waals surface area contributed by atoms with E-state index in [1.165, 1.54) is 0 Å². The number of hydrogen-bond donors (Lipinski definition) is 2. The molecule has 1 aromatic carbocycles. The average Bonchev–Trinajstić information content (AvgIpc) is 2.24. The van der Waals surface area contributed by atoms with Gasteiger partial charge in [0.1, 0.15) is 0 Å². The Bertz CT molecular complexity index is 374. The average molecular weight is 389 g/mol. The summed E-state index contributed by atoms with van der Waals surface area (Å²) in [4.78, 5) is 11.7. The van der Waals surface area contributed by atoms with Crippen LogP contribution in [0.25, 0.3) is 0 Å². The predicted molar refractivity (Wildman–Crippen MR) is 82.3 cm³/mol. The molecule has 0 aliphatic heterocycles. The second-order valence-corrected chi connectivity index (χ2v) is 4.89. The Kier molecular flexibility index (Phi) is 8.94. The summed E-state index contributed by atoms with van der Waals surface area (Å²) >= 11 is 8.14. The molecule has 0 atom stereocenters. The molecule has 0 saturated carbocycles. The van der Waals surface area contributed by atoms with Gasteiger partial charge in [-0.3, -0.25) is 4.79 Å². The second-order valence-electron chi connectivity index (χ2n) is 3.23. The first-order valence-electron chi connectivity index (χ1n) is 5.09. The minimum Gasteiger partial charge on any atom is -0.351 e. The van der Waals surface area contributed by atoms with Crippen molar-refractivity contribution in [1.29, 1.82) is 0 Å². The Morgan fingerprint density at radius 3 is 2.71 bits per heavy atom. The molecule has 0 saturated heterocycles. The van der Waals surface area contributed by atoms with Crippen LogP contribution in [0, 0.1) is 3.57 Å². The minimum atomic E-state index is -0.126. The van der Waals surface area contributed by atoms with Gasteiger partial charge >= 0.3 is 0 Å². The summed E-state index contributed by atoms with van der Waals surface area (Å²) in [6, 6.07) is 5.39. The summed E-state index contributed by atoms with van der Waals surface area (Å²) in [6.07, 6.45) is 0. The third-order valence-electron chi connectivity index (χ3n) is 2.01. The van der Waals surface area contributed by atoms with Crippen molar-refractivity contribution in [2.45, 2.75) is 6.92 Å². The van der Waals surface area contributed by atoms with Crippen LogP contribution in [0.2, 0.25) is 5.02 Å². The Labute approximate surface area is 126 Å². The quantitative estimate of drug-likeness (QED) is 0.601. The number of rotatable bonds is 5. The van der Waals surface area contributed by atoms with Crippen molar-refractivity contribution in [3.8, 4) is 0 Å². The molecule has 0 heterocycles. The van der Waals surface area contributed by atoms with Crippen LogP contribution in [-0.4, -0.2) is 25.5 Å². The molecule has 96 valence electrons. The molecule has 3 nitrogen and oxygen atoms in total. The fourth-order valence-electron chi connectivity index (χ4n) is 1.21. The lowest BCUT2D eigenvalue weighted by atomic mass is 10.2. The van der Waals surface area contributed by atoms with Crippen molar-refractivity contribution in [1.82, 2.24) is 10.6 Å². The maximum atomic E-state index is 11.7. The predicted octanol–water partition coefficient (Wildman–Crippen LogP) is 2.71. The fraction of sp³-hybridized carbons (Fsp3) is 0.364. The summed E-state index contributed by atoms with van der Waals surface area (Å²) in [5, 5.41) is 6.43. The number of nitrogens with one attached hydrogen (secondary N) is 2. The summed E-state index contributed by atoms with van der Waals surface area (Å²) < 4.78 is 1.02. The Morgan fingerprint density at radius 2 is 2.12 bits per heavy atom. The van der Waals surface area contributed by atoms with Gasteiger partial charge in [-0.25, -0.2) is 0 Å². The van der Waals surface area contributed by atoms with Crippen molar-refractivity contribution in [3.63, 3.8) is 0 Å². The molecule has 1 rings (SSSR count). The minimum absolute atomic E-state index is 0. The first-order chi connectivity index (χ1) is 7.65. The molecule has 0 radical (unpaired) electrons. The highest BCUT2D eigenvalue weighted by atomic mass is 127. The number of carbonyl (C=O) groups is 1. The number of hydrogen-bond acceptors (Lipinski definition) is 2. The Morgan fingerprint density at radius 1 is 1.41 bits per heavy atom. The molecule has 6 heteroatoms. The molecule has 0 aliphatic carbocycles. The van der Waals surface area contributed by atoms with E-state index in [9.17, 15) is 4.79 Å². The standard InChI is InChI=1S/C11H14ClIN2O.ClH/c1-2-14-5-6-15-11(16)9-4-3-8(13)7-10(9)12;/h3-4,7,14H,2,5-6H2,1H3,(H,15,16);1H. The molecule has 1 amide bonds. The van der Waals surface area contributed by atoms with Gasteiger partial charge in [-0.1, -0.05) is 18.5 Å². The summed E-state index contributed by atoms with van der Waals surface area (Å²) in [5.74, 6) is -0.126. The molecule has 1 aromatic rings. The van der Waals surface area contributed by atoms with Crippen LogP contribution < -0.4 is 10.6 Å². The van der Waals surface area contributed by atoms with E-state index in [1.807, 2.05) is 13.0 Å². The topological polar surface area (TPSA) is 41.1 Å². The fourth-order valence-corrected chi connectivity index (χ4v) is 2.15. The van der Waals surface area contributed by atoms with E-state index >= 15 is 0 Å². The van der Waals surface area contributed by atoms with Crippen molar-refractivity contribution >= 4 is 52.5 Å². The third kappa shape index (κ3) is 5.90. The molecule has 0 aromatic heterocycles. The highest BCUT2D eigenvalue weighted by molar-refractivity contribution is 14.1. The highest BCUT2D eigenvalue weighted by Gasteiger charge is 2.09. The Balaban J connectivity index is 0.00000256. The monoisotopic (exact) mass is 388 g/mol. The van der Waals surface area contributed by atoms with Crippen LogP contribution in [0.3, 0.4) is 0 Å². The third-order valence-corrected chi connectivity index (χ3v) is 3.00.